The van der Waals surface area contributed by atoms with Crippen LogP contribution in [0.5, 0.6) is 5.19 Å². The minimum Gasteiger partial charge on any atom is -0.478 e. The number of methoxy groups -OCH3 is 1. The number of carbonyl (C=O) groups is 1. The smallest absolute Gasteiger partial charge is 0.337 e. The number of nitrogens with zero attached hydrogens (tertiary/aromatic N) is 1. The highest BCUT2D eigenvalue weighted by molar-refractivity contribution is 9.10. The lowest BCUT2D eigenvalue weighted by Crippen LogP contribution is -1.97. The second kappa shape index (κ2) is 3.79. The summed E-state index contributed by atoms with van der Waals surface area (Å²) in [7, 11) is 1.51. The number of carboxylic acid groups (broad SMARTS) is 1. The van der Waals surface area contributed by atoms with Crippen molar-refractivity contribution in [2.45, 2.75) is 0 Å². The Bertz CT molecular complexity index is 537. The van der Waals surface area contributed by atoms with E-state index in [4.69, 9.17) is 9.84 Å². The molecule has 1 heterocycles. The first-order valence-corrected chi connectivity index (χ1v) is 5.60. The summed E-state index contributed by atoms with van der Waals surface area (Å²) in [4.78, 5) is 15.0. The van der Waals surface area contributed by atoms with Gasteiger partial charge in [-0.25, -0.2) is 9.78 Å². The van der Waals surface area contributed by atoms with Crippen LogP contribution in [0.15, 0.2) is 16.6 Å². The van der Waals surface area contributed by atoms with E-state index in [0.29, 0.717) is 10.7 Å². The van der Waals surface area contributed by atoms with Crippen LogP contribution in [0.3, 0.4) is 0 Å². The van der Waals surface area contributed by atoms with Crippen molar-refractivity contribution in [3.05, 3.63) is 22.2 Å². The minimum atomic E-state index is -0.986. The van der Waals surface area contributed by atoms with Gasteiger partial charge in [-0.05, 0) is 28.1 Å². The lowest BCUT2D eigenvalue weighted by atomic mass is 10.2. The molecule has 0 amide bonds. The number of hydrogen-bond donors (Lipinski definition) is 1. The van der Waals surface area contributed by atoms with Crippen LogP contribution in [-0.2, 0) is 0 Å². The maximum Gasteiger partial charge on any atom is 0.337 e. The molecule has 0 bridgehead atoms. The molecule has 0 unspecified atom stereocenters. The van der Waals surface area contributed by atoms with E-state index in [0.717, 1.165) is 9.17 Å². The average molecular weight is 288 g/mol. The van der Waals surface area contributed by atoms with Crippen LogP contribution in [-0.4, -0.2) is 23.2 Å². The fraction of sp³-hybridized carbons (Fsp3) is 0.111. The first kappa shape index (κ1) is 10.4. The van der Waals surface area contributed by atoms with E-state index >= 15 is 0 Å². The van der Waals surface area contributed by atoms with Crippen molar-refractivity contribution in [1.29, 1.82) is 0 Å². The Hall–Kier alpha value is -1.14. The highest BCUT2D eigenvalue weighted by Gasteiger charge is 2.15. The average Bonchev–Trinajstić information content (AvgIpc) is 2.62. The Kier molecular flexibility index (Phi) is 2.62. The molecule has 1 N–H and O–H groups in total. The fourth-order valence-electron chi connectivity index (χ4n) is 1.22. The molecule has 78 valence electrons. The molecule has 0 saturated carbocycles. The predicted molar refractivity (Wildman–Crippen MR) is 60.8 cm³/mol. The SMILES string of the molecule is COc1nc2c(C(=O)O)ccc(Br)c2s1. The number of hydrogen-bond acceptors (Lipinski definition) is 4. The van der Waals surface area contributed by atoms with E-state index in [1.807, 2.05) is 0 Å². The predicted octanol–water partition coefficient (Wildman–Crippen LogP) is 2.77. The molecule has 6 heteroatoms. The van der Waals surface area contributed by atoms with Gasteiger partial charge in [0, 0.05) is 4.47 Å². The summed E-state index contributed by atoms with van der Waals surface area (Å²) in [5.74, 6) is -0.986. The van der Waals surface area contributed by atoms with Crippen molar-refractivity contribution in [3.8, 4) is 5.19 Å². The van der Waals surface area contributed by atoms with Gasteiger partial charge in [0.15, 0.2) is 0 Å². The van der Waals surface area contributed by atoms with Crippen LogP contribution in [0.25, 0.3) is 10.2 Å². The molecule has 1 aromatic heterocycles. The van der Waals surface area contributed by atoms with E-state index in [-0.39, 0.29) is 5.56 Å². The Morgan fingerprint density at radius 3 is 2.93 bits per heavy atom. The standard InChI is InChI=1S/C9H6BrNO3S/c1-14-9-11-6-4(8(12)13)2-3-5(10)7(6)15-9/h2-3H,1H3,(H,12,13). The second-order valence-corrected chi connectivity index (χ2v) is 4.58. The first-order chi connectivity index (χ1) is 7.13. The van der Waals surface area contributed by atoms with Crippen molar-refractivity contribution >= 4 is 43.5 Å². The van der Waals surface area contributed by atoms with Crippen LogP contribution in [0.2, 0.25) is 0 Å². The second-order valence-electron chi connectivity index (χ2n) is 2.76. The van der Waals surface area contributed by atoms with Crippen molar-refractivity contribution in [2.24, 2.45) is 0 Å². The fourth-order valence-corrected chi connectivity index (χ4v) is 2.59. The molecule has 0 fully saturated rings. The molecule has 4 nitrogen and oxygen atoms in total. The molecular formula is C9H6BrNO3S. The summed E-state index contributed by atoms with van der Waals surface area (Å²) >= 11 is 4.66. The third kappa shape index (κ3) is 1.70. The number of benzene rings is 1. The number of aromatic carboxylic acids is 1. The number of ether oxygens (including phenoxy) is 1. The van der Waals surface area contributed by atoms with Crippen molar-refractivity contribution < 1.29 is 14.6 Å². The summed E-state index contributed by atoms with van der Waals surface area (Å²) in [5, 5.41) is 9.42. The highest BCUT2D eigenvalue weighted by atomic mass is 79.9. The Morgan fingerprint density at radius 2 is 2.33 bits per heavy atom. The van der Waals surface area contributed by atoms with E-state index in [1.165, 1.54) is 24.5 Å². The molecule has 0 aliphatic carbocycles. The third-order valence-corrected chi connectivity index (χ3v) is 3.85. The zero-order valence-corrected chi connectivity index (χ0v) is 10.1. The summed E-state index contributed by atoms with van der Waals surface area (Å²) in [6.45, 7) is 0. The number of thiazole rings is 1. The summed E-state index contributed by atoms with van der Waals surface area (Å²) in [6, 6.07) is 3.22. The molecule has 2 aromatic rings. The summed E-state index contributed by atoms with van der Waals surface area (Å²) in [6.07, 6.45) is 0. The largest absolute Gasteiger partial charge is 0.478 e. The number of carboxylic acids is 1. The van der Waals surface area contributed by atoms with Gasteiger partial charge in [0.25, 0.3) is 5.19 Å². The minimum absolute atomic E-state index is 0.188. The van der Waals surface area contributed by atoms with Crippen LogP contribution in [0, 0.1) is 0 Å². The molecule has 0 radical (unpaired) electrons. The molecule has 0 saturated heterocycles. The van der Waals surface area contributed by atoms with Crippen LogP contribution >= 0.6 is 27.3 Å². The molecule has 0 spiro atoms. The maximum absolute atomic E-state index is 10.9. The zero-order chi connectivity index (χ0) is 11.0. The lowest BCUT2D eigenvalue weighted by molar-refractivity contribution is 0.0699. The van der Waals surface area contributed by atoms with E-state index in [2.05, 4.69) is 20.9 Å². The Labute approximate surface area is 97.6 Å². The highest BCUT2D eigenvalue weighted by Crippen LogP contribution is 2.35. The number of fused-ring (bicyclic) bond motifs is 1. The molecular weight excluding hydrogens is 282 g/mol. The first-order valence-electron chi connectivity index (χ1n) is 4.00. The topological polar surface area (TPSA) is 59.4 Å². The van der Waals surface area contributed by atoms with Gasteiger partial charge in [0.2, 0.25) is 0 Å². The van der Waals surface area contributed by atoms with Gasteiger partial charge in [-0.1, -0.05) is 11.3 Å². The maximum atomic E-state index is 10.9. The van der Waals surface area contributed by atoms with Gasteiger partial charge < -0.3 is 9.84 Å². The monoisotopic (exact) mass is 287 g/mol. The summed E-state index contributed by atoms with van der Waals surface area (Å²) < 4.78 is 6.59. The molecule has 0 aliphatic heterocycles. The van der Waals surface area contributed by atoms with Gasteiger partial charge in [-0.3, -0.25) is 0 Å². The zero-order valence-electron chi connectivity index (χ0n) is 7.65. The normalized spacial score (nSPS) is 10.5. The van der Waals surface area contributed by atoms with E-state index in [9.17, 15) is 4.79 Å². The third-order valence-electron chi connectivity index (χ3n) is 1.88. The molecule has 2 rings (SSSR count). The molecule has 15 heavy (non-hydrogen) atoms. The summed E-state index contributed by atoms with van der Waals surface area (Å²) in [5.41, 5.74) is 0.645. The number of halogens is 1. The Morgan fingerprint density at radius 1 is 1.60 bits per heavy atom. The van der Waals surface area contributed by atoms with Crippen LogP contribution < -0.4 is 4.74 Å². The van der Waals surface area contributed by atoms with Crippen molar-refractivity contribution in [1.82, 2.24) is 4.98 Å². The van der Waals surface area contributed by atoms with Gasteiger partial charge in [0.1, 0.15) is 5.52 Å². The Balaban J connectivity index is 2.80. The van der Waals surface area contributed by atoms with Gasteiger partial charge in [-0.15, -0.1) is 0 Å². The van der Waals surface area contributed by atoms with Crippen LogP contribution in [0.4, 0.5) is 0 Å². The molecule has 0 atom stereocenters. The van der Waals surface area contributed by atoms with Gasteiger partial charge in [0.05, 0.1) is 17.4 Å². The van der Waals surface area contributed by atoms with Crippen molar-refractivity contribution in [2.75, 3.05) is 7.11 Å². The van der Waals surface area contributed by atoms with Crippen molar-refractivity contribution in [3.63, 3.8) is 0 Å². The van der Waals surface area contributed by atoms with E-state index in [1.54, 1.807) is 6.07 Å². The number of aromatic nitrogens is 1. The molecule has 1 aromatic carbocycles. The van der Waals surface area contributed by atoms with E-state index < -0.39 is 5.97 Å². The van der Waals surface area contributed by atoms with Gasteiger partial charge in [-0.2, -0.15) is 0 Å². The lowest BCUT2D eigenvalue weighted by Gasteiger charge is -1.96. The molecule has 0 aliphatic rings. The van der Waals surface area contributed by atoms with Crippen LogP contribution in [0.1, 0.15) is 10.4 Å². The van der Waals surface area contributed by atoms with Gasteiger partial charge >= 0.3 is 5.97 Å². The number of rotatable bonds is 2. The quantitative estimate of drug-likeness (QED) is 0.923.